The summed E-state index contributed by atoms with van der Waals surface area (Å²) in [5.41, 5.74) is -0.370. The van der Waals surface area contributed by atoms with Gasteiger partial charge in [0.1, 0.15) is 9.84 Å². The van der Waals surface area contributed by atoms with Crippen LogP contribution >= 0.6 is 0 Å². The van der Waals surface area contributed by atoms with Gasteiger partial charge in [-0.25, -0.2) is 8.42 Å². The highest BCUT2D eigenvalue weighted by molar-refractivity contribution is 7.90. The first-order valence-electron chi connectivity index (χ1n) is 6.10. The summed E-state index contributed by atoms with van der Waals surface area (Å²) in [6.45, 7) is 0. The molecule has 1 rings (SSSR count). The fraction of sp³-hybridized carbons (Fsp3) is 0.538. The predicted octanol–water partition coefficient (Wildman–Crippen LogP) is 2.43. The maximum atomic E-state index is 12.5. The van der Waals surface area contributed by atoms with E-state index in [-0.39, 0.29) is 18.6 Å². The van der Waals surface area contributed by atoms with Crippen LogP contribution in [0.5, 0.6) is 0 Å². The summed E-state index contributed by atoms with van der Waals surface area (Å²) in [7, 11) is -3.08. The minimum Gasteiger partial charge on any atom is -0.393 e. The van der Waals surface area contributed by atoms with Crippen LogP contribution in [-0.2, 0) is 22.4 Å². The Morgan fingerprint density at radius 3 is 2.50 bits per heavy atom. The summed E-state index contributed by atoms with van der Waals surface area (Å²) in [4.78, 5) is 0. The fourth-order valence-electron chi connectivity index (χ4n) is 1.83. The lowest BCUT2D eigenvalue weighted by molar-refractivity contribution is -0.137. The molecule has 1 unspecified atom stereocenters. The Morgan fingerprint density at radius 1 is 1.30 bits per heavy atom. The van der Waals surface area contributed by atoms with E-state index in [4.69, 9.17) is 0 Å². The lowest BCUT2D eigenvalue weighted by atomic mass is 10.0. The minimum absolute atomic E-state index is 0.0351. The summed E-state index contributed by atoms with van der Waals surface area (Å²) in [5, 5.41) is 9.72. The van der Waals surface area contributed by atoms with Gasteiger partial charge in [0.15, 0.2) is 0 Å². The highest BCUT2D eigenvalue weighted by Crippen LogP contribution is 2.29. The Kier molecular flexibility index (Phi) is 5.59. The molecule has 0 heterocycles. The van der Waals surface area contributed by atoms with Gasteiger partial charge in [-0.2, -0.15) is 13.2 Å². The number of halogens is 3. The molecule has 0 saturated heterocycles. The molecule has 0 saturated carbocycles. The summed E-state index contributed by atoms with van der Waals surface area (Å²) in [5.74, 6) is -0.0351. The van der Waals surface area contributed by atoms with Crippen molar-refractivity contribution in [1.82, 2.24) is 0 Å². The van der Waals surface area contributed by atoms with Gasteiger partial charge in [-0.15, -0.1) is 0 Å². The van der Waals surface area contributed by atoms with E-state index >= 15 is 0 Å². The maximum absolute atomic E-state index is 12.5. The number of rotatable bonds is 6. The molecule has 0 fully saturated rings. The quantitative estimate of drug-likeness (QED) is 0.878. The van der Waals surface area contributed by atoms with Crippen LogP contribution in [0.25, 0.3) is 0 Å². The molecule has 0 aliphatic heterocycles. The van der Waals surface area contributed by atoms with E-state index in [1.807, 2.05) is 0 Å². The second-order valence-corrected chi connectivity index (χ2v) is 7.09. The summed E-state index contributed by atoms with van der Waals surface area (Å²) < 4.78 is 59.4. The number of hydrogen-bond donors (Lipinski definition) is 1. The molecular weight excluding hydrogens is 293 g/mol. The van der Waals surface area contributed by atoms with E-state index in [1.54, 1.807) is 0 Å². The van der Waals surface area contributed by atoms with Crippen LogP contribution < -0.4 is 0 Å². The molecule has 0 bridgehead atoms. The number of alkyl halides is 3. The lowest BCUT2D eigenvalue weighted by Gasteiger charge is -2.12. The Morgan fingerprint density at radius 2 is 1.95 bits per heavy atom. The molecule has 1 aromatic rings. The molecule has 1 N–H and O–H groups in total. The van der Waals surface area contributed by atoms with Crippen molar-refractivity contribution in [2.75, 3.05) is 12.0 Å². The Labute approximate surface area is 116 Å². The fourth-order valence-corrected chi connectivity index (χ4v) is 2.52. The number of hydrogen-bond acceptors (Lipinski definition) is 3. The van der Waals surface area contributed by atoms with Gasteiger partial charge in [0.25, 0.3) is 0 Å². The van der Waals surface area contributed by atoms with Crippen molar-refractivity contribution in [1.29, 1.82) is 0 Å². The van der Waals surface area contributed by atoms with Gasteiger partial charge >= 0.3 is 6.18 Å². The molecule has 0 spiro atoms. The lowest BCUT2D eigenvalue weighted by Crippen LogP contribution is -2.14. The van der Waals surface area contributed by atoms with Crippen molar-refractivity contribution in [3.63, 3.8) is 0 Å². The third-order valence-corrected chi connectivity index (χ3v) is 3.81. The molecule has 0 aromatic heterocycles. The van der Waals surface area contributed by atoms with Gasteiger partial charge in [-0.1, -0.05) is 18.2 Å². The van der Waals surface area contributed by atoms with Crippen molar-refractivity contribution >= 4 is 9.84 Å². The van der Waals surface area contributed by atoms with Gasteiger partial charge in [0.2, 0.25) is 0 Å². The molecule has 0 amide bonds. The molecule has 0 aliphatic carbocycles. The SMILES string of the molecule is CS(=O)(=O)CCCC(O)Cc1cccc(C(F)(F)F)c1. The highest BCUT2D eigenvalue weighted by atomic mass is 32.2. The third-order valence-electron chi connectivity index (χ3n) is 2.78. The number of aliphatic hydroxyl groups excluding tert-OH is 1. The summed E-state index contributed by atoms with van der Waals surface area (Å²) in [6.07, 6.45) is -3.54. The van der Waals surface area contributed by atoms with Crippen molar-refractivity contribution < 1.29 is 26.7 Å². The Bertz CT molecular complexity index is 538. The van der Waals surface area contributed by atoms with E-state index in [2.05, 4.69) is 0 Å². The van der Waals surface area contributed by atoms with Gasteiger partial charge < -0.3 is 5.11 Å². The number of sulfone groups is 1. The first kappa shape index (κ1) is 17.0. The van der Waals surface area contributed by atoms with E-state index < -0.39 is 27.7 Å². The first-order chi connectivity index (χ1) is 9.08. The zero-order chi connectivity index (χ0) is 15.4. The third kappa shape index (κ3) is 6.38. The Hall–Kier alpha value is -1.08. The topological polar surface area (TPSA) is 54.4 Å². The molecule has 0 radical (unpaired) electrons. The van der Waals surface area contributed by atoms with Crippen LogP contribution in [0.15, 0.2) is 24.3 Å². The van der Waals surface area contributed by atoms with Crippen LogP contribution in [0.2, 0.25) is 0 Å². The van der Waals surface area contributed by atoms with Gasteiger partial charge in [-0.05, 0) is 30.9 Å². The monoisotopic (exact) mass is 310 g/mol. The van der Waals surface area contributed by atoms with Gasteiger partial charge in [0.05, 0.1) is 11.7 Å². The number of aliphatic hydroxyl groups is 1. The second-order valence-electron chi connectivity index (χ2n) is 4.83. The van der Waals surface area contributed by atoms with Crippen LogP contribution in [0.3, 0.4) is 0 Å². The van der Waals surface area contributed by atoms with E-state index in [1.165, 1.54) is 12.1 Å². The summed E-state index contributed by atoms with van der Waals surface area (Å²) in [6, 6.07) is 4.77. The highest BCUT2D eigenvalue weighted by Gasteiger charge is 2.30. The molecule has 1 aromatic carbocycles. The average Bonchev–Trinajstić information content (AvgIpc) is 2.26. The molecule has 0 aliphatic rings. The van der Waals surface area contributed by atoms with Gasteiger partial charge in [-0.3, -0.25) is 0 Å². The first-order valence-corrected chi connectivity index (χ1v) is 8.16. The summed E-state index contributed by atoms with van der Waals surface area (Å²) >= 11 is 0. The van der Waals surface area contributed by atoms with Gasteiger partial charge in [0, 0.05) is 12.0 Å². The molecule has 20 heavy (non-hydrogen) atoms. The van der Waals surface area contributed by atoms with Crippen molar-refractivity contribution in [3.05, 3.63) is 35.4 Å². The molecular formula is C13H17F3O3S. The molecule has 1 atom stereocenters. The maximum Gasteiger partial charge on any atom is 0.416 e. The van der Waals surface area contributed by atoms with Crippen molar-refractivity contribution in [2.24, 2.45) is 0 Å². The Balaban J connectivity index is 2.56. The molecule has 114 valence electrons. The van der Waals surface area contributed by atoms with E-state index in [9.17, 15) is 26.7 Å². The van der Waals surface area contributed by atoms with E-state index in [0.29, 0.717) is 12.0 Å². The molecule has 7 heteroatoms. The van der Waals surface area contributed by atoms with Crippen LogP contribution in [0, 0.1) is 0 Å². The van der Waals surface area contributed by atoms with Crippen LogP contribution in [-0.4, -0.2) is 31.6 Å². The van der Waals surface area contributed by atoms with Crippen LogP contribution in [0.4, 0.5) is 13.2 Å². The van der Waals surface area contributed by atoms with E-state index in [0.717, 1.165) is 18.4 Å². The molecule has 3 nitrogen and oxygen atoms in total. The average molecular weight is 310 g/mol. The van der Waals surface area contributed by atoms with Crippen LogP contribution in [0.1, 0.15) is 24.0 Å². The smallest absolute Gasteiger partial charge is 0.393 e. The number of benzene rings is 1. The van der Waals surface area contributed by atoms with Crippen molar-refractivity contribution in [2.45, 2.75) is 31.5 Å². The largest absolute Gasteiger partial charge is 0.416 e. The normalized spacial score (nSPS) is 14.2. The minimum atomic E-state index is -4.41. The zero-order valence-corrected chi connectivity index (χ0v) is 11.8. The zero-order valence-electron chi connectivity index (χ0n) is 11.0. The van der Waals surface area contributed by atoms with Crippen molar-refractivity contribution in [3.8, 4) is 0 Å². The predicted molar refractivity (Wildman–Crippen MR) is 70.1 cm³/mol. The standard InChI is InChI=1S/C13H17F3O3S/c1-20(18,19)7-3-6-12(17)9-10-4-2-5-11(8-10)13(14,15)16/h2,4-5,8,12,17H,3,6-7,9H2,1H3. The second kappa shape index (κ2) is 6.58.